The summed E-state index contributed by atoms with van der Waals surface area (Å²) in [6.07, 6.45) is -4.85. The number of nitrogens with zero attached hydrogens (tertiary/aromatic N) is 5. The fraction of sp³-hybridized carbons (Fsp3) is 0.611. The number of hydrogen-bond donors (Lipinski definition) is 2. The van der Waals surface area contributed by atoms with Gasteiger partial charge in [-0.05, 0) is 34.5 Å². The van der Waals surface area contributed by atoms with E-state index in [-0.39, 0.29) is 24.8 Å². The molecule has 2 rings (SSSR count). The monoisotopic (exact) mass is 460 g/mol. The second kappa shape index (κ2) is 10.2. The minimum atomic E-state index is -4.67. The lowest BCUT2D eigenvalue weighted by atomic mass is 9.84. The number of halogens is 3. The molecule has 0 spiro atoms. The molecule has 2 heterocycles. The molecule has 172 valence electrons. The zero-order chi connectivity index (χ0) is 23.2. The van der Waals surface area contributed by atoms with Crippen LogP contribution in [-0.4, -0.2) is 57.1 Å². The molecule has 0 amide bonds. The van der Waals surface area contributed by atoms with Gasteiger partial charge in [0.15, 0.2) is 5.82 Å². The van der Waals surface area contributed by atoms with Gasteiger partial charge in [-0.3, -0.25) is 4.79 Å². The minimum absolute atomic E-state index is 0.0153. The number of nitrogens with two attached hydrogens (primary N) is 1. The van der Waals surface area contributed by atoms with Gasteiger partial charge in [-0.1, -0.05) is 25.7 Å². The second-order valence-corrected chi connectivity index (χ2v) is 14.2. The Bertz CT molecular complexity index is 854. The zero-order valence-corrected chi connectivity index (χ0v) is 18.6. The highest BCUT2D eigenvalue weighted by atomic mass is 28.3. The van der Waals surface area contributed by atoms with E-state index in [4.69, 9.17) is 10.5 Å². The van der Waals surface area contributed by atoms with E-state index in [1.165, 1.54) is 16.9 Å². The van der Waals surface area contributed by atoms with Crippen molar-refractivity contribution in [3.05, 3.63) is 29.7 Å². The summed E-state index contributed by atoms with van der Waals surface area (Å²) in [4.78, 5) is 15.7. The molecule has 3 N–H and O–H groups in total. The van der Waals surface area contributed by atoms with Crippen molar-refractivity contribution < 1.29 is 27.8 Å². The first-order valence-corrected chi connectivity index (χ1v) is 13.4. The van der Waals surface area contributed by atoms with Crippen LogP contribution in [0.2, 0.25) is 25.7 Å². The van der Waals surface area contributed by atoms with Crippen LogP contribution >= 0.6 is 0 Å². The molecule has 0 aliphatic heterocycles. The maximum atomic E-state index is 13.1. The first-order valence-electron chi connectivity index (χ1n) is 9.69. The summed E-state index contributed by atoms with van der Waals surface area (Å²) in [7, 11) is -1.34. The number of nitrogen functional groups attached to an aromatic ring is 1. The number of ether oxygens (including phenoxy) is 1. The molecule has 0 aliphatic rings. The number of tetrazole rings is 1. The third kappa shape index (κ3) is 8.24. The Labute approximate surface area is 178 Å². The van der Waals surface area contributed by atoms with Crippen molar-refractivity contribution >= 4 is 19.9 Å². The van der Waals surface area contributed by atoms with E-state index in [0.717, 1.165) is 6.04 Å². The van der Waals surface area contributed by atoms with Gasteiger partial charge in [-0.15, -0.1) is 5.10 Å². The summed E-state index contributed by atoms with van der Waals surface area (Å²) in [6, 6.07) is 3.96. The van der Waals surface area contributed by atoms with Gasteiger partial charge in [0.25, 0.3) is 0 Å². The van der Waals surface area contributed by atoms with Gasteiger partial charge in [-0.2, -0.15) is 13.2 Å². The van der Waals surface area contributed by atoms with Gasteiger partial charge in [0.2, 0.25) is 0 Å². The molecule has 2 atom stereocenters. The summed E-state index contributed by atoms with van der Waals surface area (Å²) < 4.78 is 46.3. The highest BCUT2D eigenvalue weighted by molar-refractivity contribution is 6.76. The Hall–Kier alpha value is -2.54. The molecule has 0 saturated carbocycles. The van der Waals surface area contributed by atoms with Crippen LogP contribution in [-0.2, 0) is 22.7 Å². The average Bonchev–Trinajstić information content (AvgIpc) is 3.10. The Morgan fingerprint density at radius 1 is 1.32 bits per heavy atom. The third-order valence-corrected chi connectivity index (χ3v) is 6.36. The van der Waals surface area contributed by atoms with Crippen molar-refractivity contribution in [1.82, 2.24) is 25.2 Å². The maximum absolute atomic E-state index is 13.1. The number of alkyl halides is 3. The number of aliphatic carboxylic acids is 1. The molecular formula is C18H27F3N6O3Si. The quantitative estimate of drug-likeness (QED) is 0.387. The minimum Gasteiger partial charge on any atom is -0.481 e. The van der Waals surface area contributed by atoms with E-state index in [0.29, 0.717) is 12.2 Å². The number of carboxylic acid groups (broad SMARTS) is 1. The Morgan fingerprint density at radius 3 is 2.58 bits per heavy atom. The summed E-state index contributed by atoms with van der Waals surface area (Å²) in [5.41, 5.74) is 6.08. The van der Waals surface area contributed by atoms with Crippen LogP contribution in [0.4, 0.5) is 19.0 Å². The summed E-state index contributed by atoms with van der Waals surface area (Å²) in [5.74, 6) is -4.27. The molecule has 13 heteroatoms. The Morgan fingerprint density at radius 2 is 2.03 bits per heavy atom. The van der Waals surface area contributed by atoms with E-state index in [1.54, 1.807) is 6.07 Å². The van der Waals surface area contributed by atoms with E-state index >= 15 is 0 Å². The van der Waals surface area contributed by atoms with Crippen molar-refractivity contribution in [3.8, 4) is 0 Å². The molecule has 31 heavy (non-hydrogen) atoms. The zero-order valence-electron chi connectivity index (χ0n) is 17.6. The maximum Gasteiger partial charge on any atom is 0.389 e. The molecule has 0 radical (unpaired) electrons. The lowest BCUT2D eigenvalue weighted by Crippen LogP contribution is -2.31. The largest absolute Gasteiger partial charge is 0.481 e. The van der Waals surface area contributed by atoms with Gasteiger partial charge < -0.3 is 15.6 Å². The summed E-state index contributed by atoms with van der Waals surface area (Å²) in [5, 5.41) is 20.8. The number of rotatable bonds is 11. The SMILES string of the molecule is C[Si](C)(C)CCOCn1nnnc1[C@@H](Cc1ccc(N)nc1)[C@H](CC(F)(F)F)C(=O)O. The highest BCUT2D eigenvalue weighted by Gasteiger charge is 2.42. The normalized spacial score (nSPS) is 14.4. The molecule has 0 fully saturated rings. The lowest BCUT2D eigenvalue weighted by Gasteiger charge is -2.24. The molecule has 2 aromatic rings. The Kier molecular flexibility index (Phi) is 8.12. The first-order chi connectivity index (χ1) is 14.4. The van der Waals surface area contributed by atoms with Crippen molar-refractivity contribution in [2.75, 3.05) is 12.3 Å². The van der Waals surface area contributed by atoms with Crippen LogP contribution in [0.15, 0.2) is 18.3 Å². The fourth-order valence-electron chi connectivity index (χ4n) is 2.97. The van der Waals surface area contributed by atoms with Crippen LogP contribution in [0.25, 0.3) is 0 Å². The van der Waals surface area contributed by atoms with E-state index in [2.05, 4.69) is 40.2 Å². The highest BCUT2D eigenvalue weighted by Crippen LogP contribution is 2.36. The van der Waals surface area contributed by atoms with Gasteiger partial charge in [-0.25, -0.2) is 9.67 Å². The van der Waals surface area contributed by atoms with Crippen LogP contribution < -0.4 is 5.73 Å². The van der Waals surface area contributed by atoms with Gasteiger partial charge >= 0.3 is 12.1 Å². The van der Waals surface area contributed by atoms with Crippen molar-refractivity contribution in [1.29, 1.82) is 0 Å². The molecule has 9 nitrogen and oxygen atoms in total. The van der Waals surface area contributed by atoms with Crippen molar-refractivity contribution in [2.24, 2.45) is 5.92 Å². The van der Waals surface area contributed by atoms with Gasteiger partial charge in [0.1, 0.15) is 12.5 Å². The molecular weight excluding hydrogens is 433 g/mol. The summed E-state index contributed by atoms with van der Waals surface area (Å²) in [6.45, 7) is 6.92. The predicted octanol–water partition coefficient (Wildman–Crippen LogP) is 2.94. The first kappa shape index (κ1) is 24.7. The standard InChI is InChI=1S/C18H27F3N6O3Si/c1-31(2,3)7-6-30-11-27-16(24-25-26-27)13(8-12-4-5-15(22)23-10-12)14(17(28)29)9-18(19,20)21/h4-5,10,13-14H,6-9,11H2,1-3H3,(H2,22,23)(H,28,29)/t13-,14-/m0/s1. The molecule has 0 aromatic carbocycles. The second-order valence-electron chi connectivity index (χ2n) is 8.55. The molecule has 2 aromatic heterocycles. The van der Waals surface area contributed by atoms with Crippen LogP contribution in [0.3, 0.4) is 0 Å². The number of aromatic nitrogens is 5. The molecule has 0 bridgehead atoms. The lowest BCUT2D eigenvalue weighted by molar-refractivity contribution is -0.165. The Balaban J connectivity index is 2.30. The fourth-order valence-corrected chi connectivity index (χ4v) is 3.73. The summed E-state index contributed by atoms with van der Waals surface area (Å²) >= 11 is 0. The molecule has 0 unspecified atom stereocenters. The number of carboxylic acids is 1. The number of pyridine rings is 1. The van der Waals surface area contributed by atoms with Gasteiger partial charge in [0.05, 0.1) is 12.3 Å². The van der Waals surface area contributed by atoms with Crippen LogP contribution in [0.5, 0.6) is 0 Å². The predicted molar refractivity (Wildman–Crippen MR) is 109 cm³/mol. The van der Waals surface area contributed by atoms with Crippen LogP contribution in [0, 0.1) is 5.92 Å². The van der Waals surface area contributed by atoms with Crippen molar-refractivity contribution in [3.63, 3.8) is 0 Å². The molecule has 0 saturated heterocycles. The van der Waals surface area contributed by atoms with E-state index in [1.807, 2.05) is 0 Å². The number of carbonyl (C=O) groups is 1. The van der Waals surface area contributed by atoms with Gasteiger partial charge in [0, 0.05) is 26.8 Å². The molecule has 0 aliphatic carbocycles. The topological polar surface area (TPSA) is 129 Å². The van der Waals surface area contributed by atoms with E-state index in [9.17, 15) is 23.1 Å². The average molecular weight is 461 g/mol. The van der Waals surface area contributed by atoms with Crippen LogP contribution in [0.1, 0.15) is 23.7 Å². The van der Waals surface area contributed by atoms with E-state index < -0.39 is 38.5 Å². The van der Waals surface area contributed by atoms with Crippen molar-refractivity contribution in [2.45, 2.75) is 57.4 Å². The smallest absolute Gasteiger partial charge is 0.389 e. The number of anilines is 1. The third-order valence-electron chi connectivity index (χ3n) is 4.66. The number of hydrogen-bond acceptors (Lipinski definition) is 7.